The molecule has 0 radical (unpaired) electrons. The van der Waals surface area contributed by atoms with Crippen molar-refractivity contribution in [1.82, 2.24) is 0 Å². The standard InChI is InChI=1S/C15H30O2/c1-5-6-7-8-9-10-11-12-14(13(2)3)15(16)17-4/h13-14H,5-12H2,1-4H3. The molecule has 2 nitrogen and oxygen atoms in total. The van der Waals surface area contributed by atoms with Gasteiger partial charge in [-0.2, -0.15) is 0 Å². The van der Waals surface area contributed by atoms with E-state index in [2.05, 4.69) is 20.8 Å². The molecule has 1 atom stereocenters. The third-order valence-corrected chi connectivity index (χ3v) is 3.43. The van der Waals surface area contributed by atoms with Crippen LogP contribution in [0.4, 0.5) is 0 Å². The summed E-state index contributed by atoms with van der Waals surface area (Å²) in [5.41, 5.74) is 0. The smallest absolute Gasteiger partial charge is 0.308 e. The molecule has 0 fully saturated rings. The van der Waals surface area contributed by atoms with Gasteiger partial charge in [0.05, 0.1) is 13.0 Å². The van der Waals surface area contributed by atoms with Crippen molar-refractivity contribution in [1.29, 1.82) is 0 Å². The van der Waals surface area contributed by atoms with Crippen LogP contribution < -0.4 is 0 Å². The molecule has 0 aliphatic heterocycles. The Morgan fingerprint density at radius 3 is 2.00 bits per heavy atom. The molecule has 0 aromatic rings. The number of carbonyl (C=O) groups excluding carboxylic acids is 1. The maximum atomic E-state index is 11.5. The molecule has 0 aliphatic rings. The normalized spacial score (nSPS) is 12.8. The van der Waals surface area contributed by atoms with Crippen LogP contribution in [-0.4, -0.2) is 13.1 Å². The summed E-state index contributed by atoms with van der Waals surface area (Å²) >= 11 is 0. The highest BCUT2D eigenvalue weighted by atomic mass is 16.5. The highest BCUT2D eigenvalue weighted by Crippen LogP contribution is 2.20. The average Bonchev–Trinajstić information content (AvgIpc) is 2.31. The first kappa shape index (κ1) is 16.5. The zero-order valence-corrected chi connectivity index (χ0v) is 12.1. The van der Waals surface area contributed by atoms with Crippen LogP contribution in [0.5, 0.6) is 0 Å². The molecule has 0 N–H and O–H groups in total. The lowest BCUT2D eigenvalue weighted by Crippen LogP contribution is -2.21. The van der Waals surface area contributed by atoms with Crippen LogP contribution in [0.15, 0.2) is 0 Å². The number of unbranched alkanes of at least 4 members (excludes halogenated alkanes) is 6. The van der Waals surface area contributed by atoms with E-state index in [9.17, 15) is 4.79 Å². The number of carbonyl (C=O) groups is 1. The van der Waals surface area contributed by atoms with Gasteiger partial charge in [0, 0.05) is 0 Å². The highest BCUT2D eigenvalue weighted by Gasteiger charge is 2.21. The Morgan fingerprint density at radius 2 is 1.53 bits per heavy atom. The Balaban J connectivity index is 3.58. The molecule has 0 spiro atoms. The topological polar surface area (TPSA) is 26.3 Å². The number of rotatable bonds is 10. The number of methoxy groups -OCH3 is 1. The van der Waals surface area contributed by atoms with Crippen molar-refractivity contribution in [2.24, 2.45) is 11.8 Å². The monoisotopic (exact) mass is 242 g/mol. The first-order chi connectivity index (χ1) is 8.13. The van der Waals surface area contributed by atoms with Crippen LogP contribution in [0, 0.1) is 11.8 Å². The predicted octanol–water partition coefficient (Wildman–Crippen LogP) is 4.57. The zero-order chi connectivity index (χ0) is 13.1. The summed E-state index contributed by atoms with van der Waals surface area (Å²) in [5.74, 6) is 0.448. The second-order valence-corrected chi connectivity index (χ2v) is 5.28. The quantitative estimate of drug-likeness (QED) is 0.414. The summed E-state index contributed by atoms with van der Waals surface area (Å²) in [6, 6.07) is 0. The largest absolute Gasteiger partial charge is 0.469 e. The number of hydrogen-bond donors (Lipinski definition) is 0. The van der Waals surface area contributed by atoms with Crippen molar-refractivity contribution >= 4 is 5.97 Å². The fourth-order valence-corrected chi connectivity index (χ4v) is 2.20. The average molecular weight is 242 g/mol. The van der Waals surface area contributed by atoms with Crippen LogP contribution in [0.3, 0.4) is 0 Å². The fourth-order valence-electron chi connectivity index (χ4n) is 2.20. The second-order valence-electron chi connectivity index (χ2n) is 5.28. The number of ether oxygens (including phenoxy) is 1. The van der Waals surface area contributed by atoms with Gasteiger partial charge in [-0.05, 0) is 12.3 Å². The Hall–Kier alpha value is -0.530. The summed E-state index contributed by atoms with van der Waals surface area (Å²) in [4.78, 5) is 11.5. The summed E-state index contributed by atoms with van der Waals surface area (Å²) in [6.45, 7) is 6.44. The third kappa shape index (κ3) is 8.23. The molecule has 1 unspecified atom stereocenters. The van der Waals surface area contributed by atoms with Gasteiger partial charge in [0.15, 0.2) is 0 Å². The van der Waals surface area contributed by atoms with E-state index in [0.717, 1.165) is 12.8 Å². The molecule has 0 rings (SSSR count). The Kier molecular flexibility index (Phi) is 10.3. The lowest BCUT2D eigenvalue weighted by Gasteiger charge is -2.17. The predicted molar refractivity (Wildman–Crippen MR) is 73.0 cm³/mol. The molecule has 0 heterocycles. The van der Waals surface area contributed by atoms with Gasteiger partial charge in [-0.3, -0.25) is 4.79 Å². The zero-order valence-electron chi connectivity index (χ0n) is 12.1. The van der Waals surface area contributed by atoms with E-state index >= 15 is 0 Å². The van der Waals surface area contributed by atoms with E-state index in [-0.39, 0.29) is 11.9 Å². The van der Waals surface area contributed by atoms with Crippen LogP contribution in [0.2, 0.25) is 0 Å². The summed E-state index contributed by atoms with van der Waals surface area (Å²) < 4.78 is 4.84. The minimum Gasteiger partial charge on any atom is -0.469 e. The summed E-state index contributed by atoms with van der Waals surface area (Å²) in [7, 11) is 1.49. The van der Waals surface area contributed by atoms with Crippen LogP contribution in [0.1, 0.15) is 72.1 Å². The van der Waals surface area contributed by atoms with Gasteiger partial charge in [-0.1, -0.05) is 65.7 Å². The van der Waals surface area contributed by atoms with Gasteiger partial charge in [-0.15, -0.1) is 0 Å². The summed E-state index contributed by atoms with van der Waals surface area (Å²) in [6.07, 6.45) is 10.1. The molecule has 0 saturated heterocycles. The van der Waals surface area contributed by atoms with Gasteiger partial charge < -0.3 is 4.74 Å². The minimum atomic E-state index is -0.0361. The molecule has 2 heteroatoms. The maximum absolute atomic E-state index is 11.5. The van der Waals surface area contributed by atoms with E-state index in [1.807, 2.05) is 0 Å². The molecule has 0 amide bonds. The number of esters is 1. The van der Waals surface area contributed by atoms with E-state index < -0.39 is 0 Å². The van der Waals surface area contributed by atoms with Gasteiger partial charge >= 0.3 is 5.97 Å². The minimum absolute atomic E-state index is 0.0361. The molecular formula is C15H30O2. The molecular weight excluding hydrogens is 212 g/mol. The Labute approximate surface area is 107 Å². The molecule has 0 bridgehead atoms. The van der Waals surface area contributed by atoms with E-state index in [1.165, 1.54) is 45.6 Å². The molecule has 0 aromatic carbocycles. The van der Waals surface area contributed by atoms with Crippen molar-refractivity contribution < 1.29 is 9.53 Å². The molecule has 102 valence electrons. The van der Waals surface area contributed by atoms with E-state index in [4.69, 9.17) is 4.74 Å². The summed E-state index contributed by atoms with van der Waals surface area (Å²) in [5, 5.41) is 0. The van der Waals surface area contributed by atoms with Crippen molar-refractivity contribution in [3.63, 3.8) is 0 Å². The third-order valence-electron chi connectivity index (χ3n) is 3.43. The van der Waals surface area contributed by atoms with Crippen molar-refractivity contribution in [3.8, 4) is 0 Å². The number of hydrogen-bond acceptors (Lipinski definition) is 2. The molecule has 0 saturated carbocycles. The maximum Gasteiger partial charge on any atom is 0.308 e. The van der Waals surface area contributed by atoms with E-state index in [0.29, 0.717) is 5.92 Å². The van der Waals surface area contributed by atoms with Crippen LogP contribution in [-0.2, 0) is 9.53 Å². The van der Waals surface area contributed by atoms with Gasteiger partial charge in [-0.25, -0.2) is 0 Å². The van der Waals surface area contributed by atoms with Gasteiger partial charge in [0.25, 0.3) is 0 Å². The fraction of sp³-hybridized carbons (Fsp3) is 0.933. The van der Waals surface area contributed by atoms with Gasteiger partial charge in [0.1, 0.15) is 0 Å². The van der Waals surface area contributed by atoms with Crippen molar-refractivity contribution in [2.45, 2.75) is 72.1 Å². The first-order valence-corrected chi connectivity index (χ1v) is 7.21. The SMILES string of the molecule is CCCCCCCCCC(C(=O)OC)C(C)C. The van der Waals surface area contributed by atoms with E-state index in [1.54, 1.807) is 0 Å². The highest BCUT2D eigenvalue weighted by molar-refractivity contribution is 5.72. The molecule has 0 aromatic heterocycles. The van der Waals surface area contributed by atoms with Crippen molar-refractivity contribution in [3.05, 3.63) is 0 Å². The van der Waals surface area contributed by atoms with Crippen LogP contribution >= 0.6 is 0 Å². The Morgan fingerprint density at radius 1 is 1.00 bits per heavy atom. The lowest BCUT2D eigenvalue weighted by molar-refractivity contribution is -0.147. The van der Waals surface area contributed by atoms with Crippen molar-refractivity contribution in [2.75, 3.05) is 7.11 Å². The van der Waals surface area contributed by atoms with Gasteiger partial charge in [0.2, 0.25) is 0 Å². The molecule has 17 heavy (non-hydrogen) atoms. The first-order valence-electron chi connectivity index (χ1n) is 7.21. The lowest BCUT2D eigenvalue weighted by atomic mass is 9.90. The second kappa shape index (κ2) is 10.6. The van der Waals surface area contributed by atoms with Crippen LogP contribution in [0.25, 0.3) is 0 Å². The Bertz CT molecular complexity index is 187. The molecule has 0 aliphatic carbocycles.